The number of likely N-dealkylation sites (tertiary alicyclic amines) is 1. The van der Waals surface area contributed by atoms with E-state index in [2.05, 4.69) is 29.0 Å². The Morgan fingerprint density at radius 1 is 1.18 bits per heavy atom. The molecule has 10 nitrogen and oxygen atoms in total. The van der Waals surface area contributed by atoms with Crippen LogP contribution in [0.3, 0.4) is 0 Å². The quantitative estimate of drug-likeness (QED) is 0.634. The number of nitrogens with zero attached hydrogens (tertiary/aromatic N) is 4. The van der Waals surface area contributed by atoms with Gasteiger partial charge in [0.05, 0.1) is 18.2 Å². The zero-order valence-corrected chi connectivity index (χ0v) is 23.4. The van der Waals surface area contributed by atoms with Crippen molar-refractivity contribution in [3.8, 4) is 5.88 Å². The summed E-state index contributed by atoms with van der Waals surface area (Å²) >= 11 is 0. The Labute approximate surface area is 226 Å². The van der Waals surface area contributed by atoms with Crippen LogP contribution in [-0.2, 0) is 14.3 Å². The van der Waals surface area contributed by atoms with Gasteiger partial charge >= 0.3 is 0 Å². The van der Waals surface area contributed by atoms with E-state index >= 15 is 0 Å². The molecule has 4 rings (SSSR count). The fourth-order valence-corrected chi connectivity index (χ4v) is 5.26. The van der Waals surface area contributed by atoms with Gasteiger partial charge in [-0.1, -0.05) is 34.6 Å². The van der Waals surface area contributed by atoms with Crippen molar-refractivity contribution >= 4 is 17.7 Å². The number of ether oxygens (including phenoxy) is 2. The van der Waals surface area contributed by atoms with E-state index in [-0.39, 0.29) is 60.4 Å². The van der Waals surface area contributed by atoms with Gasteiger partial charge in [-0.25, -0.2) is 4.98 Å². The SMILES string of the molecule is CC(C)CCN1C[C@@H]2OCC(=O)N3CCN(C(=O)CC(C)(C)C)C[C@H]3COc3ncccc3C(=O)N[C@@H]2C1. The van der Waals surface area contributed by atoms with E-state index in [0.29, 0.717) is 50.6 Å². The topological polar surface area (TPSA) is 104 Å². The zero-order valence-electron chi connectivity index (χ0n) is 23.4. The number of fused-ring (bicyclic) bond motifs is 3. The van der Waals surface area contributed by atoms with Gasteiger partial charge in [0.15, 0.2) is 0 Å². The Balaban J connectivity index is 1.55. The third-order valence-corrected chi connectivity index (χ3v) is 7.37. The molecule has 1 aromatic rings. The molecule has 0 aromatic carbocycles. The van der Waals surface area contributed by atoms with Crippen LogP contribution in [0.15, 0.2) is 18.3 Å². The van der Waals surface area contributed by atoms with Crippen LogP contribution in [0.4, 0.5) is 0 Å². The Hall–Kier alpha value is -2.72. The molecule has 4 heterocycles. The average Bonchev–Trinajstić information content (AvgIpc) is 3.24. The number of piperazine rings is 1. The average molecular weight is 530 g/mol. The van der Waals surface area contributed by atoms with Crippen LogP contribution in [0, 0.1) is 11.3 Å². The number of pyridine rings is 1. The second-order valence-electron chi connectivity index (χ2n) is 12.4. The molecule has 0 aliphatic carbocycles. The van der Waals surface area contributed by atoms with E-state index in [0.717, 1.165) is 13.0 Å². The highest BCUT2D eigenvalue weighted by Gasteiger charge is 2.38. The van der Waals surface area contributed by atoms with Crippen molar-refractivity contribution in [2.75, 3.05) is 52.5 Å². The summed E-state index contributed by atoms with van der Waals surface area (Å²) in [6, 6.07) is 2.78. The Morgan fingerprint density at radius 3 is 2.71 bits per heavy atom. The smallest absolute Gasteiger partial charge is 0.257 e. The molecule has 210 valence electrons. The molecule has 0 bridgehead atoms. The highest BCUT2D eigenvalue weighted by atomic mass is 16.5. The third-order valence-electron chi connectivity index (χ3n) is 7.37. The number of rotatable bonds is 4. The van der Waals surface area contributed by atoms with Crippen LogP contribution in [0.5, 0.6) is 5.88 Å². The number of hydrogen-bond acceptors (Lipinski definition) is 7. The first kappa shape index (κ1) is 28.3. The summed E-state index contributed by atoms with van der Waals surface area (Å²) < 4.78 is 12.2. The van der Waals surface area contributed by atoms with Gasteiger partial charge in [0.1, 0.15) is 18.8 Å². The van der Waals surface area contributed by atoms with Gasteiger partial charge in [-0.3, -0.25) is 19.3 Å². The van der Waals surface area contributed by atoms with Gasteiger partial charge in [0.2, 0.25) is 17.7 Å². The van der Waals surface area contributed by atoms with E-state index in [1.165, 1.54) is 0 Å². The van der Waals surface area contributed by atoms with Crippen molar-refractivity contribution in [2.45, 2.75) is 65.6 Å². The maximum Gasteiger partial charge on any atom is 0.257 e. The van der Waals surface area contributed by atoms with Gasteiger partial charge in [0, 0.05) is 45.3 Å². The molecule has 0 spiro atoms. The molecule has 1 N–H and O–H groups in total. The van der Waals surface area contributed by atoms with Crippen LogP contribution < -0.4 is 10.1 Å². The number of aromatic nitrogens is 1. The molecule has 2 saturated heterocycles. The van der Waals surface area contributed by atoms with Crippen molar-refractivity contribution in [1.82, 2.24) is 25.0 Å². The molecule has 38 heavy (non-hydrogen) atoms. The summed E-state index contributed by atoms with van der Waals surface area (Å²) in [6.07, 6.45) is 2.76. The number of amides is 3. The van der Waals surface area contributed by atoms with E-state index < -0.39 is 0 Å². The highest BCUT2D eigenvalue weighted by molar-refractivity contribution is 5.96. The molecule has 0 unspecified atom stereocenters. The van der Waals surface area contributed by atoms with Gasteiger partial charge in [-0.15, -0.1) is 0 Å². The normalized spacial score (nSPS) is 25.4. The number of hydrogen-bond donors (Lipinski definition) is 1. The number of carbonyl (C=O) groups excluding carboxylic acids is 3. The van der Waals surface area contributed by atoms with E-state index in [1.54, 1.807) is 23.2 Å². The lowest BCUT2D eigenvalue weighted by atomic mass is 9.91. The Kier molecular flexibility index (Phi) is 8.92. The monoisotopic (exact) mass is 529 g/mol. The third kappa shape index (κ3) is 7.22. The summed E-state index contributed by atoms with van der Waals surface area (Å²) in [5.74, 6) is 0.459. The minimum atomic E-state index is -0.371. The van der Waals surface area contributed by atoms with Crippen molar-refractivity contribution in [3.63, 3.8) is 0 Å². The molecule has 3 atom stereocenters. The molecular formula is C28H43N5O5. The van der Waals surface area contributed by atoms with E-state index in [4.69, 9.17) is 9.47 Å². The summed E-state index contributed by atoms with van der Waals surface area (Å²) in [6.45, 7) is 14.0. The van der Waals surface area contributed by atoms with Gasteiger partial charge in [-0.05, 0) is 36.4 Å². The zero-order chi connectivity index (χ0) is 27.4. The Morgan fingerprint density at radius 2 is 1.97 bits per heavy atom. The van der Waals surface area contributed by atoms with Crippen LogP contribution in [0.25, 0.3) is 0 Å². The summed E-state index contributed by atoms with van der Waals surface area (Å²) in [5.41, 5.74) is 0.219. The molecule has 2 fully saturated rings. The predicted molar refractivity (Wildman–Crippen MR) is 143 cm³/mol. The second kappa shape index (κ2) is 12.0. The largest absolute Gasteiger partial charge is 0.475 e. The number of carbonyl (C=O) groups is 3. The molecular weight excluding hydrogens is 486 g/mol. The standard InChI is InChI=1S/C28H43N5O5/c1-19(2)8-10-31-15-22-23(16-31)37-18-25(35)33-12-11-32(24(34)13-28(3,4)5)14-20(33)17-38-27-21(26(36)30-22)7-6-9-29-27/h6-7,9,19-20,22-23H,8,10-18H2,1-5H3,(H,30,36)/t20-,22+,23-/m0/s1. The van der Waals surface area contributed by atoms with Crippen LogP contribution >= 0.6 is 0 Å². The molecule has 0 radical (unpaired) electrons. The van der Waals surface area contributed by atoms with Crippen LogP contribution in [0.1, 0.15) is 57.8 Å². The van der Waals surface area contributed by atoms with Crippen molar-refractivity contribution < 1.29 is 23.9 Å². The molecule has 0 saturated carbocycles. The maximum atomic E-state index is 13.4. The van der Waals surface area contributed by atoms with Gasteiger partial charge in [-0.2, -0.15) is 0 Å². The minimum Gasteiger partial charge on any atom is -0.475 e. The number of nitrogens with one attached hydrogen (secondary N) is 1. The summed E-state index contributed by atoms with van der Waals surface area (Å²) in [7, 11) is 0. The van der Waals surface area contributed by atoms with Gasteiger partial charge in [0.25, 0.3) is 5.91 Å². The molecule has 3 aliphatic rings. The minimum absolute atomic E-state index is 0.0666. The Bertz CT molecular complexity index is 1010. The van der Waals surface area contributed by atoms with Crippen molar-refractivity contribution in [1.29, 1.82) is 0 Å². The molecule has 3 amide bonds. The summed E-state index contributed by atoms with van der Waals surface area (Å²) in [4.78, 5) is 49.8. The fourth-order valence-electron chi connectivity index (χ4n) is 5.26. The highest BCUT2D eigenvalue weighted by Crippen LogP contribution is 2.24. The van der Waals surface area contributed by atoms with E-state index in [9.17, 15) is 14.4 Å². The van der Waals surface area contributed by atoms with Crippen molar-refractivity contribution in [2.24, 2.45) is 11.3 Å². The first-order chi connectivity index (χ1) is 18.0. The lowest BCUT2D eigenvalue weighted by Gasteiger charge is -2.42. The summed E-state index contributed by atoms with van der Waals surface area (Å²) in [5, 5.41) is 3.11. The van der Waals surface area contributed by atoms with E-state index in [1.807, 2.05) is 25.7 Å². The second-order valence-corrected chi connectivity index (χ2v) is 12.4. The first-order valence-electron chi connectivity index (χ1n) is 13.8. The molecule has 1 aromatic heterocycles. The fraction of sp³-hybridized carbons (Fsp3) is 0.714. The van der Waals surface area contributed by atoms with Crippen molar-refractivity contribution in [3.05, 3.63) is 23.9 Å². The molecule has 3 aliphatic heterocycles. The van der Waals surface area contributed by atoms with Crippen LogP contribution in [0.2, 0.25) is 0 Å². The van der Waals surface area contributed by atoms with Gasteiger partial charge < -0.3 is 24.6 Å². The first-order valence-corrected chi connectivity index (χ1v) is 13.8. The molecule has 10 heteroatoms. The predicted octanol–water partition coefficient (Wildman–Crippen LogP) is 1.79. The lowest BCUT2D eigenvalue weighted by Crippen LogP contribution is -2.59. The maximum absolute atomic E-state index is 13.4. The lowest BCUT2D eigenvalue weighted by molar-refractivity contribution is -0.149. The van der Waals surface area contributed by atoms with Crippen LogP contribution in [-0.4, -0.2) is 108 Å².